The molecule has 5 nitrogen and oxygen atoms in total. The van der Waals surface area contributed by atoms with Gasteiger partial charge in [0, 0.05) is 31.1 Å². The van der Waals surface area contributed by atoms with Crippen molar-refractivity contribution in [2.45, 2.75) is 32.6 Å². The maximum absolute atomic E-state index is 13.4. The van der Waals surface area contributed by atoms with Crippen molar-refractivity contribution in [2.75, 3.05) is 31.6 Å². The third kappa shape index (κ3) is 3.78. The molecule has 0 bridgehead atoms. The molecule has 6 heteroatoms. The minimum atomic E-state index is -0.358. The van der Waals surface area contributed by atoms with E-state index < -0.39 is 0 Å². The lowest BCUT2D eigenvalue weighted by atomic mass is 9.91. The van der Waals surface area contributed by atoms with Gasteiger partial charge in [-0.05, 0) is 74.1 Å². The van der Waals surface area contributed by atoms with Gasteiger partial charge < -0.3 is 14.5 Å². The summed E-state index contributed by atoms with van der Waals surface area (Å²) in [6.07, 6.45) is 3.15. The normalized spacial score (nSPS) is 16.9. The second-order valence-corrected chi connectivity index (χ2v) is 8.08. The van der Waals surface area contributed by atoms with E-state index in [0.717, 1.165) is 24.3 Å². The molecule has 2 aliphatic rings. The molecule has 2 aliphatic heterocycles. The van der Waals surface area contributed by atoms with E-state index in [1.807, 2.05) is 17.0 Å². The lowest BCUT2D eigenvalue weighted by Crippen LogP contribution is -2.46. The van der Waals surface area contributed by atoms with Crippen LogP contribution >= 0.6 is 0 Å². The SMILES string of the molecule is COc1ccc(C)c2c1N(C(=O)C1CCN(C(=O)c3ccc(F)cc3)CC1)CCC2. The molecule has 2 amide bonds. The summed E-state index contributed by atoms with van der Waals surface area (Å²) in [6, 6.07) is 9.59. The topological polar surface area (TPSA) is 49.9 Å². The smallest absolute Gasteiger partial charge is 0.253 e. The molecule has 158 valence electrons. The number of likely N-dealkylation sites (tertiary alicyclic amines) is 1. The number of carbonyl (C=O) groups excluding carboxylic acids is 2. The highest BCUT2D eigenvalue weighted by molar-refractivity contribution is 5.98. The summed E-state index contributed by atoms with van der Waals surface area (Å²) in [5.41, 5.74) is 3.77. The third-order valence-corrected chi connectivity index (χ3v) is 6.27. The Morgan fingerprint density at radius 1 is 1.03 bits per heavy atom. The van der Waals surface area contributed by atoms with Crippen LogP contribution in [0.5, 0.6) is 5.75 Å². The Morgan fingerprint density at radius 2 is 1.73 bits per heavy atom. The first-order chi connectivity index (χ1) is 14.5. The summed E-state index contributed by atoms with van der Waals surface area (Å²) < 4.78 is 18.7. The highest BCUT2D eigenvalue weighted by Gasteiger charge is 2.34. The first kappa shape index (κ1) is 20.4. The van der Waals surface area contributed by atoms with Crippen LogP contribution in [0.25, 0.3) is 0 Å². The number of ether oxygens (including phenoxy) is 1. The highest BCUT2D eigenvalue weighted by atomic mass is 19.1. The van der Waals surface area contributed by atoms with Gasteiger partial charge in [-0.15, -0.1) is 0 Å². The van der Waals surface area contributed by atoms with E-state index in [1.165, 1.54) is 35.4 Å². The lowest BCUT2D eigenvalue weighted by Gasteiger charge is -2.37. The number of hydrogen-bond acceptors (Lipinski definition) is 3. The van der Waals surface area contributed by atoms with Crippen molar-refractivity contribution >= 4 is 17.5 Å². The molecule has 2 heterocycles. The Hall–Kier alpha value is -2.89. The van der Waals surface area contributed by atoms with Gasteiger partial charge in [-0.1, -0.05) is 6.07 Å². The van der Waals surface area contributed by atoms with Crippen molar-refractivity contribution in [3.8, 4) is 5.75 Å². The van der Waals surface area contributed by atoms with Crippen molar-refractivity contribution < 1.29 is 18.7 Å². The summed E-state index contributed by atoms with van der Waals surface area (Å²) in [4.78, 5) is 29.7. The van der Waals surface area contributed by atoms with Crippen LogP contribution in [0.3, 0.4) is 0 Å². The molecule has 0 spiro atoms. The average Bonchev–Trinajstić information content (AvgIpc) is 2.79. The Labute approximate surface area is 176 Å². The van der Waals surface area contributed by atoms with E-state index in [4.69, 9.17) is 4.74 Å². The lowest BCUT2D eigenvalue weighted by molar-refractivity contribution is -0.123. The molecular weight excluding hydrogens is 383 g/mol. The van der Waals surface area contributed by atoms with Gasteiger partial charge in [-0.25, -0.2) is 4.39 Å². The van der Waals surface area contributed by atoms with E-state index in [1.54, 1.807) is 12.0 Å². The van der Waals surface area contributed by atoms with Crippen LogP contribution in [0.1, 0.15) is 40.7 Å². The van der Waals surface area contributed by atoms with Crippen LogP contribution in [0.4, 0.5) is 10.1 Å². The second kappa shape index (κ2) is 8.46. The molecule has 0 unspecified atom stereocenters. The standard InChI is InChI=1S/C24H27FN2O3/c1-16-5-10-21(30-2)22-20(16)4-3-13-27(22)24(29)18-11-14-26(15-12-18)23(28)17-6-8-19(25)9-7-17/h5-10,18H,3-4,11-15H2,1-2H3. The molecule has 4 rings (SSSR count). The molecular formula is C24H27FN2O3. The molecule has 0 aliphatic carbocycles. The van der Waals surface area contributed by atoms with E-state index in [-0.39, 0.29) is 23.5 Å². The van der Waals surface area contributed by atoms with Gasteiger partial charge in [0.25, 0.3) is 5.91 Å². The van der Waals surface area contributed by atoms with E-state index in [2.05, 4.69) is 6.92 Å². The number of fused-ring (bicyclic) bond motifs is 1. The van der Waals surface area contributed by atoms with Crippen LogP contribution < -0.4 is 9.64 Å². The number of carbonyl (C=O) groups is 2. The number of methoxy groups -OCH3 is 1. The number of aryl methyl sites for hydroxylation is 1. The van der Waals surface area contributed by atoms with Crippen LogP contribution in [0.15, 0.2) is 36.4 Å². The summed E-state index contributed by atoms with van der Waals surface area (Å²) in [5, 5.41) is 0. The summed E-state index contributed by atoms with van der Waals surface area (Å²) in [6.45, 7) is 3.82. The quantitative estimate of drug-likeness (QED) is 0.769. The first-order valence-electron chi connectivity index (χ1n) is 10.5. The number of piperidine rings is 1. The summed E-state index contributed by atoms with van der Waals surface area (Å²) >= 11 is 0. The molecule has 1 saturated heterocycles. The number of benzene rings is 2. The van der Waals surface area contributed by atoms with E-state index >= 15 is 0 Å². The number of amides is 2. The maximum atomic E-state index is 13.4. The zero-order valence-corrected chi connectivity index (χ0v) is 17.5. The zero-order chi connectivity index (χ0) is 21.3. The fourth-order valence-corrected chi connectivity index (χ4v) is 4.56. The van der Waals surface area contributed by atoms with Gasteiger partial charge in [0.15, 0.2) is 0 Å². The summed E-state index contributed by atoms with van der Waals surface area (Å²) in [7, 11) is 1.64. The Bertz CT molecular complexity index is 950. The number of rotatable bonds is 3. The molecule has 2 aromatic rings. The number of anilines is 1. The molecule has 30 heavy (non-hydrogen) atoms. The number of halogens is 1. The van der Waals surface area contributed by atoms with Gasteiger partial charge in [-0.3, -0.25) is 9.59 Å². The Kier molecular flexibility index (Phi) is 5.75. The minimum absolute atomic E-state index is 0.110. The van der Waals surface area contributed by atoms with Gasteiger partial charge >= 0.3 is 0 Å². The molecule has 1 fully saturated rings. The fraction of sp³-hybridized carbons (Fsp3) is 0.417. The fourth-order valence-electron chi connectivity index (χ4n) is 4.56. The van der Waals surface area contributed by atoms with Crippen molar-refractivity contribution in [3.05, 3.63) is 58.9 Å². The van der Waals surface area contributed by atoms with Gasteiger partial charge in [-0.2, -0.15) is 0 Å². The third-order valence-electron chi connectivity index (χ3n) is 6.27. The van der Waals surface area contributed by atoms with Gasteiger partial charge in [0.1, 0.15) is 11.6 Å². The molecule has 0 atom stereocenters. The molecule has 0 N–H and O–H groups in total. The van der Waals surface area contributed by atoms with Crippen molar-refractivity contribution in [3.63, 3.8) is 0 Å². The monoisotopic (exact) mass is 410 g/mol. The summed E-state index contributed by atoms with van der Waals surface area (Å²) in [5.74, 6) is 0.282. The first-order valence-corrected chi connectivity index (χ1v) is 10.5. The largest absolute Gasteiger partial charge is 0.495 e. The number of hydrogen-bond donors (Lipinski definition) is 0. The van der Waals surface area contributed by atoms with Crippen LogP contribution in [-0.4, -0.2) is 43.5 Å². The maximum Gasteiger partial charge on any atom is 0.253 e. The van der Waals surface area contributed by atoms with Crippen molar-refractivity contribution in [1.82, 2.24) is 4.90 Å². The average molecular weight is 410 g/mol. The predicted octanol–water partition coefficient (Wildman–Crippen LogP) is 3.97. The molecule has 0 radical (unpaired) electrons. The van der Waals surface area contributed by atoms with Crippen LogP contribution in [0.2, 0.25) is 0 Å². The van der Waals surface area contributed by atoms with Crippen molar-refractivity contribution in [1.29, 1.82) is 0 Å². The zero-order valence-electron chi connectivity index (χ0n) is 17.5. The van der Waals surface area contributed by atoms with Gasteiger partial charge in [0.05, 0.1) is 12.8 Å². The number of nitrogens with zero attached hydrogens (tertiary/aromatic N) is 2. The van der Waals surface area contributed by atoms with E-state index in [9.17, 15) is 14.0 Å². The molecule has 2 aromatic carbocycles. The minimum Gasteiger partial charge on any atom is -0.495 e. The van der Waals surface area contributed by atoms with Gasteiger partial charge in [0.2, 0.25) is 5.91 Å². The molecule has 0 saturated carbocycles. The van der Waals surface area contributed by atoms with Crippen LogP contribution in [-0.2, 0) is 11.2 Å². The van der Waals surface area contributed by atoms with Crippen LogP contribution in [0, 0.1) is 18.7 Å². The van der Waals surface area contributed by atoms with E-state index in [0.29, 0.717) is 38.0 Å². The Balaban J connectivity index is 1.46. The molecule has 0 aromatic heterocycles. The highest BCUT2D eigenvalue weighted by Crippen LogP contribution is 2.39. The second-order valence-electron chi connectivity index (χ2n) is 8.08. The Morgan fingerprint density at radius 3 is 2.40 bits per heavy atom. The van der Waals surface area contributed by atoms with Crippen molar-refractivity contribution in [2.24, 2.45) is 5.92 Å². The predicted molar refractivity (Wildman–Crippen MR) is 113 cm³/mol.